The number of carbonyl (C=O) groups excluding carboxylic acids is 1. The molecule has 1 fully saturated rings. The predicted molar refractivity (Wildman–Crippen MR) is 94.0 cm³/mol. The van der Waals surface area contributed by atoms with Crippen LogP contribution >= 0.6 is 23.4 Å². The van der Waals surface area contributed by atoms with Crippen molar-refractivity contribution in [3.05, 3.63) is 59.1 Å². The number of amides is 1. The molecule has 2 aromatic carbocycles. The number of para-hydroxylation sites is 1. The van der Waals surface area contributed by atoms with E-state index in [1.165, 1.54) is 25.7 Å². The fourth-order valence-corrected chi connectivity index (χ4v) is 4.25. The Labute approximate surface area is 140 Å². The molecule has 22 heavy (non-hydrogen) atoms. The molecule has 1 saturated carbocycles. The Morgan fingerprint density at radius 2 is 1.73 bits per heavy atom. The minimum Gasteiger partial charge on any atom is -0.321 e. The molecule has 0 saturated heterocycles. The van der Waals surface area contributed by atoms with E-state index in [4.69, 9.17) is 11.6 Å². The van der Waals surface area contributed by atoms with E-state index in [0.717, 1.165) is 10.6 Å². The second-order valence-corrected chi connectivity index (χ2v) is 7.20. The first kappa shape index (κ1) is 15.4. The summed E-state index contributed by atoms with van der Waals surface area (Å²) >= 11 is 7.97. The number of carbonyl (C=O) groups is 1. The summed E-state index contributed by atoms with van der Waals surface area (Å²) in [5.41, 5.74) is 1.37. The predicted octanol–water partition coefficient (Wildman–Crippen LogP) is 5.63. The van der Waals surface area contributed by atoms with Crippen molar-refractivity contribution in [2.24, 2.45) is 0 Å². The third-order valence-electron chi connectivity index (χ3n) is 3.85. The number of benzene rings is 2. The molecule has 2 aromatic rings. The second kappa shape index (κ2) is 7.21. The Bertz CT molecular complexity index is 668. The number of halogens is 1. The van der Waals surface area contributed by atoms with Gasteiger partial charge in [0.25, 0.3) is 5.91 Å². The maximum atomic E-state index is 12.4. The fourth-order valence-electron chi connectivity index (χ4n) is 2.69. The summed E-state index contributed by atoms with van der Waals surface area (Å²) in [4.78, 5) is 13.6. The lowest BCUT2D eigenvalue weighted by atomic mass is 10.2. The molecule has 0 spiro atoms. The van der Waals surface area contributed by atoms with Crippen LogP contribution in [0.2, 0.25) is 5.02 Å². The number of anilines is 1. The van der Waals surface area contributed by atoms with E-state index < -0.39 is 0 Å². The molecule has 0 atom stereocenters. The molecule has 0 heterocycles. The van der Waals surface area contributed by atoms with E-state index in [-0.39, 0.29) is 5.91 Å². The zero-order valence-corrected chi connectivity index (χ0v) is 13.8. The SMILES string of the molecule is O=C(Nc1ccccc1SC1CCCC1)c1ccccc1Cl. The van der Waals surface area contributed by atoms with Gasteiger partial charge in [0, 0.05) is 10.1 Å². The molecule has 0 aliphatic heterocycles. The normalized spacial score (nSPS) is 15.0. The summed E-state index contributed by atoms with van der Waals surface area (Å²) in [6.45, 7) is 0. The van der Waals surface area contributed by atoms with E-state index in [9.17, 15) is 4.79 Å². The molecule has 1 aliphatic rings. The van der Waals surface area contributed by atoms with E-state index >= 15 is 0 Å². The van der Waals surface area contributed by atoms with Crippen LogP contribution in [0.1, 0.15) is 36.0 Å². The molecule has 4 heteroatoms. The Kier molecular flexibility index (Phi) is 5.06. The Morgan fingerprint density at radius 3 is 2.50 bits per heavy atom. The van der Waals surface area contributed by atoms with E-state index in [1.807, 2.05) is 42.1 Å². The third-order valence-corrected chi connectivity index (χ3v) is 5.59. The van der Waals surface area contributed by atoms with Crippen molar-refractivity contribution in [1.82, 2.24) is 0 Å². The van der Waals surface area contributed by atoms with Crippen LogP contribution in [0.15, 0.2) is 53.4 Å². The average molecular weight is 332 g/mol. The van der Waals surface area contributed by atoms with Crippen LogP contribution in [0.3, 0.4) is 0 Å². The van der Waals surface area contributed by atoms with Gasteiger partial charge in [-0.1, -0.05) is 48.7 Å². The van der Waals surface area contributed by atoms with E-state index in [0.29, 0.717) is 15.8 Å². The minimum absolute atomic E-state index is 0.162. The van der Waals surface area contributed by atoms with Crippen molar-refractivity contribution in [2.45, 2.75) is 35.8 Å². The smallest absolute Gasteiger partial charge is 0.257 e. The highest BCUT2D eigenvalue weighted by atomic mass is 35.5. The van der Waals surface area contributed by atoms with Crippen LogP contribution < -0.4 is 5.32 Å². The van der Waals surface area contributed by atoms with Crippen LogP contribution in [0, 0.1) is 0 Å². The van der Waals surface area contributed by atoms with E-state index in [1.54, 1.807) is 12.1 Å². The van der Waals surface area contributed by atoms with Gasteiger partial charge in [-0.2, -0.15) is 0 Å². The molecule has 0 aromatic heterocycles. The lowest BCUT2D eigenvalue weighted by molar-refractivity contribution is 0.102. The summed E-state index contributed by atoms with van der Waals surface area (Å²) in [5, 5.41) is 4.14. The van der Waals surface area contributed by atoms with Gasteiger partial charge in [0.15, 0.2) is 0 Å². The van der Waals surface area contributed by atoms with Gasteiger partial charge in [-0.25, -0.2) is 0 Å². The molecule has 0 bridgehead atoms. The summed E-state index contributed by atoms with van der Waals surface area (Å²) in [7, 11) is 0. The van der Waals surface area contributed by atoms with Gasteiger partial charge in [-0.05, 0) is 37.1 Å². The molecule has 1 N–H and O–H groups in total. The lowest BCUT2D eigenvalue weighted by Crippen LogP contribution is -2.13. The number of nitrogens with one attached hydrogen (secondary N) is 1. The van der Waals surface area contributed by atoms with Crippen molar-refractivity contribution in [1.29, 1.82) is 0 Å². The number of rotatable bonds is 4. The lowest BCUT2D eigenvalue weighted by Gasteiger charge is -2.14. The summed E-state index contributed by atoms with van der Waals surface area (Å²) in [6.07, 6.45) is 5.15. The second-order valence-electron chi connectivity index (χ2n) is 5.45. The molecular formula is C18H18ClNOS. The van der Waals surface area contributed by atoms with Crippen molar-refractivity contribution in [3.8, 4) is 0 Å². The van der Waals surface area contributed by atoms with Crippen LogP contribution in [-0.4, -0.2) is 11.2 Å². The molecule has 114 valence electrons. The van der Waals surface area contributed by atoms with Crippen LogP contribution in [0.25, 0.3) is 0 Å². The summed E-state index contributed by atoms with van der Waals surface area (Å²) < 4.78 is 0. The monoisotopic (exact) mass is 331 g/mol. The molecule has 1 aliphatic carbocycles. The molecule has 2 nitrogen and oxygen atoms in total. The fraction of sp³-hybridized carbons (Fsp3) is 0.278. The average Bonchev–Trinajstić information content (AvgIpc) is 3.02. The standard InChI is InChI=1S/C18H18ClNOS/c19-15-10-4-3-9-14(15)18(21)20-16-11-5-6-12-17(16)22-13-7-1-2-8-13/h3-6,9-13H,1-2,7-8H2,(H,20,21). The minimum atomic E-state index is -0.162. The number of thioether (sulfide) groups is 1. The third kappa shape index (κ3) is 3.65. The van der Waals surface area contributed by atoms with Crippen molar-refractivity contribution in [3.63, 3.8) is 0 Å². The Balaban J connectivity index is 1.77. The number of hydrogen-bond donors (Lipinski definition) is 1. The van der Waals surface area contributed by atoms with Crippen molar-refractivity contribution >= 4 is 35.0 Å². The van der Waals surface area contributed by atoms with E-state index in [2.05, 4.69) is 11.4 Å². The molecular weight excluding hydrogens is 314 g/mol. The molecule has 0 unspecified atom stereocenters. The first-order valence-electron chi connectivity index (χ1n) is 7.55. The largest absolute Gasteiger partial charge is 0.321 e. The zero-order chi connectivity index (χ0) is 15.4. The van der Waals surface area contributed by atoms with Crippen molar-refractivity contribution < 1.29 is 4.79 Å². The zero-order valence-electron chi connectivity index (χ0n) is 12.2. The van der Waals surface area contributed by atoms with Crippen LogP contribution in [0.4, 0.5) is 5.69 Å². The Hall–Kier alpha value is -1.45. The maximum Gasteiger partial charge on any atom is 0.257 e. The van der Waals surface area contributed by atoms with Gasteiger partial charge >= 0.3 is 0 Å². The van der Waals surface area contributed by atoms with Gasteiger partial charge in [-0.3, -0.25) is 4.79 Å². The molecule has 0 radical (unpaired) electrons. The first-order valence-corrected chi connectivity index (χ1v) is 8.81. The van der Waals surface area contributed by atoms with Crippen LogP contribution in [0.5, 0.6) is 0 Å². The number of hydrogen-bond acceptors (Lipinski definition) is 2. The highest BCUT2D eigenvalue weighted by Gasteiger charge is 2.18. The summed E-state index contributed by atoms with van der Waals surface area (Å²) in [5.74, 6) is -0.162. The maximum absolute atomic E-state index is 12.4. The van der Waals surface area contributed by atoms with Crippen LogP contribution in [-0.2, 0) is 0 Å². The quantitative estimate of drug-likeness (QED) is 0.787. The van der Waals surface area contributed by atoms with Crippen molar-refractivity contribution in [2.75, 3.05) is 5.32 Å². The highest BCUT2D eigenvalue weighted by molar-refractivity contribution is 8.00. The topological polar surface area (TPSA) is 29.1 Å². The van der Waals surface area contributed by atoms with Gasteiger partial charge in [-0.15, -0.1) is 11.8 Å². The van der Waals surface area contributed by atoms with Gasteiger partial charge in [0.05, 0.1) is 16.3 Å². The van der Waals surface area contributed by atoms with Gasteiger partial charge < -0.3 is 5.32 Å². The first-order chi connectivity index (χ1) is 10.7. The molecule has 1 amide bonds. The highest BCUT2D eigenvalue weighted by Crippen LogP contribution is 2.38. The summed E-state index contributed by atoms with van der Waals surface area (Å²) in [6, 6.07) is 15.1. The van der Waals surface area contributed by atoms with Gasteiger partial charge in [0.2, 0.25) is 0 Å². The molecule has 3 rings (SSSR count). The van der Waals surface area contributed by atoms with Gasteiger partial charge in [0.1, 0.15) is 0 Å². The Morgan fingerprint density at radius 1 is 1.05 bits per heavy atom.